The minimum atomic E-state index is -0.938. The molecule has 0 spiro atoms. The number of carboxylic acids is 1. The van der Waals surface area contributed by atoms with E-state index >= 15 is 0 Å². The summed E-state index contributed by atoms with van der Waals surface area (Å²) in [6, 6.07) is 3.87. The van der Waals surface area contributed by atoms with E-state index < -0.39 is 5.97 Å². The number of nitrogens with one attached hydrogen (secondary N) is 1. The average molecular weight is 263 g/mol. The molecule has 0 aliphatic rings. The number of hydrogen-bond acceptors (Lipinski definition) is 5. The van der Waals surface area contributed by atoms with Crippen LogP contribution in [0.2, 0.25) is 0 Å². The first-order valence-electron chi connectivity index (χ1n) is 5.43. The molecule has 2 rings (SSSR count). The van der Waals surface area contributed by atoms with Gasteiger partial charge < -0.3 is 10.4 Å². The third kappa shape index (κ3) is 2.65. The number of nitrogens with zero attached hydrogens (tertiary/aromatic N) is 2. The second-order valence-electron chi connectivity index (χ2n) is 3.86. The van der Waals surface area contributed by atoms with Gasteiger partial charge in [-0.05, 0) is 25.5 Å². The molecule has 94 valence electrons. The van der Waals surface area contributed by atoms with Crippen LogP contribution in [-0.2, 0) is 6.54 Å². The van der Waals surface area contributed by atoms with Crippen molar-refractivity contribution < 1.29 is 9.90 Å². The molecule has 0 unspecified atom stereocenters. The van der Waals surface area contributed by atoms with Gasteiger partial charge >= 0.3 is 5.97 Å². The van der Waals surface area contributed by atoms with Crippen molar-refractivity contribution in [3.8, 4) is 0 Å². The predicted octanol–water partition coefficient (Wildman–Crippen LogP) is 2.47. The van der Waals surface area contributed by atoms with Gasteiger partial charge in [-0.25, -0.2) is 9.78 Å². The van der Waals surface area contributed by atoms with E-state index in [1.807, 2.05) is 19.1 Å². The van der Waals surface area contributed by atoms with E-state index in [0.717, 1.165) is 22.6 Å². The normalized spacial score (nSPS) is 10.3. The Balaban J connectivity index is 2.09. The molecule has 0 aliphatic heterocycles. The lowest BCUT2D eigenvalue weighted by atomic mass is 10.2. The Kier molecular flexibility index (Phi) is 3.57. The van der Waals surface area contributed by atoms with Crippen molar-refractivity contribution in [2.75, 3.05) is 5.32 Å². The van der Waals surface area contributed by atoms with E-state index in [1.165, 1.54) is 0 Å². The molecule has 0 saturated heterocycles. The molecule has 5 nitrogen and oxygen atoms in total. The largest absolute Gasteiger partial charge is 0.477 e. The minimum absolute atomic E-state index is 0.273. The minimum Gasteiger partial charge on any atom is -0.477 e. The molecule has 0 atom stereocenters. The van der Waals surface area contributed by atoms with Crippen LogP contribution >= 0.6 is 11.3 Å². The topological polar surface area (TPSA) is 75.1 Å². The summed E-state index contributed by atoms with van der Waals surface area (Å²) < 4.78 is 0. The van der Waals surface area contributed by atoms with Crippen molar-refractivity contribution in [3.63, 3.8) is 0 Å². The van der Waals surface area contributed by atoms with Crippen molar-refractivity contribution in [1.29, 1.82) is 0 Å². The number of carboxylic acid groups (broad SMARTS) is 1. The van der Waals surface area contributed by atoms with Gasteiger partial charge in [-0.3, -0.25) is 4.98 Å². The zero-order valence-corrected chi connectivity index (χ0v) is 10.9. The molecular formula is C12H13N3O2S. The Morgan fingerprint density at radius 3 is 2.89 bits per heavy atom. The fraction of sp³-hybridized carbons (Fsp3) is 0.250. The average Bonchev–Trinajstić information content (AvgIpc) is 2.70. The summed E-state index contributed by atoms with van der Waals surface area (Å²) in [5.41, 5.74) is 2.56. The summed E-state index contributed by atoms with van der Waals surface area (Å²) in [5.74, 6) is -0.938. The van der Waals surface area contributed by atoms with E-state index in [1.54, 1.807) is 13.1 Å². The van der Waals surface area contributed by atoms with Gasteiger partial charge in [0.25, 0.3) is 0 Å². The first-order chi connectivity index (χ1) is 8.58. The summed E-state index contributed by atoms with van der Waals surface area (Å²) in [7, 11) is 0. The fourth-order valence-electron chi connectivity index (χ4n) is 1.53. The highest BCUT2D eigenvalue weighted by atomic mass is 32.1. The monoisotopic (exact) mass is 263 g/mol. The molecule has 0 aromatic carbocycles. The van der Waals surface area contributed by atoms with Crippen LogP contribution in [0.15, 0.2) is 18.3 Å². The molecule has 2 N–H and O–H groups in total. The van der Waals surface area contributed by atoms with Crippen molar-refractivity contribution >= 4 is 22.4 Å². The Morgan fingerprint density at radius 1 is 1.50 bits per heavy atom. The van der Waals surface area contributed by atoms with Gasteiger partial charge in [0.2, 0.25) is 0 Å². The zero-order chi connectivity index (χ0) is 13.1. The first kappa shape index (κ1) is 12.5. The summed E-state index contributed by atoms with van der Waals surface area (Å²) in [6.45, 7) is 4.22. The van der Waals surface area contributed by atoms with Crippen LogP contribution in [0.3, 0.4) is 0 Å². The maximum absolute atomic E-state index is 10.9. The number of anilines is 1. The molecule has 0 bridgehead atoms. The Labute approximate surface area is 109 Å². The zero-order valence-electron chi connectivity index (χ0n) is 10.1. The molecule has 0 saturated carbocycles. The van der Waals surface area contributed by atoms with Crippen molar-refractivity contribution in [1.82, 2.24) is 9.97 Å². The van der Waals surface area contributed by atoms with E-state index in [2.05, 4.69) is 15.3 Å². The van der Waals surface area contributed by atoms with Crippen LogP contribution in [0.1, 0.15) is 26.6 Å². The smallest absolute Gasteiger partial charge is 0.347 e. The third-order valence-corrected chi connectivity index (χ3v) is 3.62. The summed E-state index contributed by atoms with van der Waals surface area (Å²) >= 11 is 1.14. The molecular weight excluding hydrogens is 250 g/mol. The molecule has 2 aromatic heterocycles. The van der Waals surface area contributed by atoms with E-state index in [-0.39, 0.29) is 4.88 Å². The number of aromatic nitrogens is 2. The third-order valence-electron chi connectivity index (χ3n) is 2.52. The Bertz CT molecular complexity index is 580. The quantitative estimate of drug-likeness (QED) is 0.886. The van der Waals surface area contributed by atoms with Crippen molar-refractivity contribution in [2.45, 2.75) is 20.4 Å². The number of aromatic carboxylic acids is 1. The lowest BCUT2D eigenvalue weighted by molar-refractivity contribution is 0.0701. The standard InChI is InChI=1S/C12H13N3O2S/c1-7-4-3-5-13-9(7)6-14-12-15-8(2)10(18-12)11(16)17/h3-5H,6H2,1-2H3,(H,14,15)(H,16,17). The van der Waals surface area contributed by atoms with Crippen LogP contribution in [0.5, 0.6) is 0 Å². The maximum Gasteiger partial charge on any atom is 0.347 e. The van der Waals surface area contributed by atoms with Gasteiger partial charge in [-0.1, -0.05) is 17.4 Å². The maximum atomic E-state index is 10.9. The first-order valence-corrected chi connectivity index (χ1v) is 6.24. The van der Waals surface area contributed by atoms with E-state index in [0.29, 0.717) is 17.4 Å². The van der Waals surface area contributed by atoms with Gasteiger partial charge in [-0.2, -0.15) is 0 Å². The molecule has 18 heavy (non-hydrogen) atoms. The summed E-state index contributed by atoms with van der Waals surface area (Å²) in [6.07, 6.45) is 1.74. The highest BCUT2D eigenvalue weighted by molar-refractivity contribution is 7.17. The molecule has 6 heteroatoms. The lowest BCUT2D eigenvalue weighted by Crippen LogP contribution is -2.03. The molecule has 0 aliphatic carbocycles. The molecule has 2 aromatic rings. The highest BCUT2D eigenvalue weighted by Crippen LogP contribution is 2.22. The Hall–Kier alpha value is -1.95. The second-order valence-corrected chi connectivity index (χ2v) is 4.86. The summed E-state index contributed by atoms with van der Waals surface area (Å²) in [4.78, 5) is 19.6. The lowest BCUT2D eigenvalue weighted by Gasteiger charge is -2.04. The Morgan fingerprint density at radius 2 is 2.28 bits per heavy atom. The number of carbonyl (C=O) groups is 1. The van der Waals surface area contributed by atoms with E-state index in [4.69, 9.17) is 5.11 Å². The van der Waals surface area contributed by atoms with Crippen LogP contribution in [0, 0.1) is 13.8 Å². The molecule has 2 heterocycles. The number of hydrogen-bond donors (Lipinski definition) is 2. The van der Waals surface area contributed by atoms with Crippen molar-refractivity contribution in [2.24, 2.45) is 0 Å². The molecule has 0 fully saturated rings. The van der Waals surface area contributed by atoms with Crippen LogP contribution in [0.4, 0.5) is 5.13 Å². The molecule has 0 amide bonds. The number of pyridine rings is 1. The summed E-state index contributed by atoms with van der Waals surface area (Å²) in [5, 5.41) is 12.6. The number of thiazole rings is 1. The highest BCUT2D eigenvalue weighted by Gasteiger charge is 2.13. The SMILES string of the molecule is Cc1cccnc1CNc1nc(C)c(C(=O)O)s1. The predicted molar refractivity (Wildman–Crippen MR) is 70.1 cm³/mol. The van der Waals surface area contributed by atoms with Crippen LogP contribution in [0.25, 0.3) is 0 Å². The van der Waals surface area contributed by atoms with Gasteiger partial charge in [-0.15, -0.1) is 0 Å². The van der Waals surface area contributed by atoms with E-state index in [9.17, 15) is 4.79 Å². The number of aryl methyl sites for hydroxylation is 2. The van der Waals surface area contributed by atoms with Gasteiger partial charge in [0, 0.05) is 6.20 Å². The van der Waals surface area contributed by atoms with Gasteiger partial charge in [0.1, 0.15) is 4.88 Å². The number of rotatable bonds is 4. The van der Waals surface area contributed by atoms with Gasteiger partial charge in [0.15, 0.2) is 5.13 Å². The second kappa shape index (κ2) is 5.14. The van der Waals surface area contributed by atoms with Crippen molar-refractivity contribution in [3.05, 3.63) is 40.2 Å². The van der Waals surface area contributed by atoms with Crippen LogP contribution < -0.4 is 5.32 Å². The van der Waals surface area contributed by atoms with Gasteiger partial charge in [0.05, 0.1) is 17.9 Å². The van der Waals surface area contributed by atoms with Crippen LogP contribution in [-0.4, -0.2) is 21.0 Å². The fourth-order valence-corrected chi connectivity index (χ4v) is 2.33. The molecule has 0 radical (unpaired) electrons.